The third kappa shape index (κ3) is 4.08. The van der Waals surface area contributed by atoms with E-state index in [1.807, 2.05) is 0 Å². The number of hydrogen-bond donors (Lipinski definition) is 4. The Balaban J connectivity index is 2.30. The zero-order valence-corrected chi connectivity index (χ0v) is 9.78. The molecule has 16 heavy (non-hydrogen) atoms. The summed E-state index contributed by atoms with van der Waals surface area (Å²) in [6, 6.07) is -0.149. The molecule has 1 fully saturated rings. The topological polar surface area (TPSA) is 81.6 Å². The first-order valence-electron chi connectivity index (χ1n) is 5.97. The molecular formula is C11H22N2O3. The highest BCUT2D eigenvalue weighted by molar-refractivity contribution is 5.81. The molecule has 1 saturated heterocycles. The van der Waals surface area contributed by atoms with E-state index in [0.717, 1.165) is 25.8 Å². The van der Waals surface area contributed by atoms with Gasteiger partial charge in [-0.25, -0.2) is 0 Å². The Kier molecular flexibility index (Phi) is 5.73. The molecule has 0 bridgehead atoms. The van der Waals surface area contributed by atoms with Crippen LogP contribution >= 0.6 is 0 Å². The first-order chi connectivity index (χ1) is 7.67. The first-order valence-corrected chi connectivity index (χ1v) is 5.97. The van der Waals surface area contributed by atoms with E-state index in [2.05, 4.69) is 17.6 Å². The van der Waals surface area contributed by atoms with Gasteiger partial charge in [0.2, 0.25) is 5.91 Å². The fourth-order valence-electron chi connectivity index (χ4n) is 1.97. The predicted octanol–water partition coefficient (Wildman–Crippen LogP) is -0.766. The van der Waals surface area contributed by atoms with E-state index in [9.17, 15) is 4.79 Å². The normalized spacial score (nSPS) is 27.4. The minimum atomic E-state index is -0.866. The molecule has 94 valence electrons. The lowest BCUT2D eigenvalue weighted by Gasteiger charge is -2.29. The third-order valence-electron chi connectivity index (χ3n) is 3.13. The zero-order chi connectivity index (χ0) is 12.0. The zero-order valence-electron chi connectivity index (χ0n) is 9.78. The minimum Gasteiger partial charge on any atom is -0.394 e. The van der Waals surface area contributed by atoms with E-state index in [4.69, 9.17) is 10.2 Å². The predicted molar refractivity (Wildman–Crippen MR) is 60.9 cm³/mol. The van der Waals surface area contributed by atoms with Crippen LogP contribution in [0.25, 0.3) is 0 Å². The lowest BCUT2D eigenvalue weighted by Crippen LogP contribution is -2.50. The van der Waals surface area contributed by atoms with Crippen LogP contribution in [-0.2, 0) is 4.79 Å². The van der Waals surface area contributed by atoms with Crippen LogP contribution in [0.3, 0.4) is 0 Å². The van der Waals surface area contributed by atoms with E-state index in [0.29, 0.717) is 5.92 Å². The lowest BCUT2D eigenvalue weighted by atomic mass is 9.90. The van der Waals surface area contributed by atoms with Gasteiger partial charge in [-0.15, -0.1) is 0 Å². The van der Waals surface area contributed by atoms with Crippen LogP contribution in [0.2, 0.25) is 0 Å². The van der Waals surface area contributed by atoms with Gasteiger partial charge in [-0.05, 0) is 25.3 Å². The molecule has 1 heterocycles. The molecule has 3 atom stereocenters. The van der Waals surface area contributed by atoms with E-state index in [-0.39, 0.29) is 25.1 Å². The second kappa shape index (κ2) is 6.83. The number of hydrogen-bond acceptors (Lipinski definition) is 4. The Bertz CT molecular complexity index is 223. The van der Waals surface area contributed by atoms with Crippen molar-refractivity contribution in [2.75, 3.05) is 19.7 Å². The van der Waals surface area contributed by atoms with Crippen molar-refractivity contribution in [3.05, 3.63) is 0 Å². The molecule has 3 unspecified atom stereocenters. The molecule has 0 aromatic heterocycles. The lowest BCUT2D eigenvalue weighted by molar-refractivity contribution is -0.124. The smallest absolute Gasteiger partial charge is 0.237 e. The van der Waals surface area contributed by atoms with E-state index < -0.39 is 6.10 Å². The number of aliphatic hydroxyl groups excluding tert-OH is 2. The van der Waals surface area contributed by atoms with Crippen LogP contribution in [0.1, 0.15) is 26.2 Å². The molecule has 0 saturated carbocycles. The summed E-state index contributed by atoms with van der Waals surface area (Å²) in [5, 5.41) is 23.5. The van der Waals surface area contributed by atoms with E-state index in [1.54, 1.807) is 0 Å². The summed E-state index contributed by atoms with van der Waals surface area (Å²) in [7, 11) is 0. The third-order valence-corrected chi connectivity index (χ3v) is 3.13. The van der Waals surface area contributed by atoms with Gasteiger partial charge in [-0.1, -0.05) is 13.3 Å². The van der Waals surface area contributed by atoms with Crippen molar-refractivity contribution in [1.82, 2.24) is 10.6 Å². The summed E-state index contributed by atoms with van der Waals surface area (Å²) < 4.78 is 0. The monoisotopic (exact) mass is 230 g/mol. The quantitative estimate of drug-likeness (QED) is 0.500. The van der Waals surface area contributed by atoms with Crippen LogP contribution in [0, 0.1) is 5.92 Å². The SMILES string of the molecule is CCC1CCNC(C(=O)NCC(O)CO)C1. The van der Waals surface area contributed by atoms with Gasteiger partial charge >= 0.3 is 0 Å². The second-order valence-electron chi connectivity index (χ2n) is 4.39. The van der Waals surface area contributed by atoms with Crippen molar-refractivity contribution < 1.29 is 15.0 Å². The molecule has 1 aliphatic heterocycles. The maximum atomic E-state index is 11.7. The fourth-order valence-corrected chi connectivity index (χ4v) is 1.97. The van der Waals surface area contributed by atoms with Crippen molar-refractivity contribution in [2.24, 2.45) is 5.92 Å². The van der Waals surface area contributed by atoms with Gasteiger partial charge in [0.15, 0.2) is 0 Å². The van der Waals surface area contributed by atoms with Crippen molar-refractivity contribution in [2.45, 2.75) is 38.3 Å². The molecule has 0 spiro atoms. The van der Waals surface area contributed by atoms with Gasteiger partial charge < -0.3 is 20.8 Å². The summed E-state index contributed by atoms with van der Waals surface area (Å²) in [5.41, 5.74) is 0. The van der Waals surface area contributed by atoms with Crippen molar-refractivity contribution >= 4 is 5.91 Å². The molecule has 5 heteroatoms. The molecule has 0 aliphatic carbocycles. The fraction of sp³-hybridized carbons (Fsp3) is 0.909. The number of nitrogens with one attached hydrogen (secondary N) is 2. The van der Waals surface area contributed by atoms with Crippen molar-refractivity contribution in [3.8, 4) is 0 Å². The molecule has 5 nitrogen and oxygen atoms in total. The van der Waals surface area contributed by atoms with Crippen molar-refractivity contribution in [3.63, 3.8) is 0 Å². The van der Waals surface area contributed by atoms with Crippen LogP contribution in [-0.4, -0.2) is 48.0 Å². The molecular weight excluding hydrogens is 208 g/mol. The highest BCUT2D eigenvalue weighted by Crippen LogP contribution is 2.19. The molecule has 0 aromatic carbocycles. The Labute approximate surface area is 96.2 Å². The van der Waals surface area contributed by atoms with Crippen LogP contribution < -0.4 is 10.6 Å². The minimum absolute atomic E-state index is 0.0781. The van der Waals surface area contributed by atoms with E-state index >= 15 is 0 Å². The number of piperidine rings is 1. The van der Waals surface area contributed by atoms with Gasteiger partial charge in [0.05, 0.1) is 18.8 Å². The number of carbonyl (C=O) groups excluding carboxylic acids is 1. The summed E-state index contributed by atoms with van der Waals surface area (Å²) in [6.07, 6.45) is 2.22. The van der Waals surface area contributed by atoms with Gasteiger partial charge in [0.1, 0.15) is 0 Å². The van der Waals surface area contributed by atoms with Gasteiger partial charge in [-0.2, -0.15) is 0 Å². The van der Waals surface area contributed by atoms with Crippen LogP contribution in [0.5, 0.6) is 0 Å². The molecule has 1 amide bonds. The van der Waals surface area contributed by atoms with Gasteiger partial charge in [0, 0.05) is 6.54 Å². The maximum absolute atomic E-state index is 11.7. The highest BCUT2D eigenvalue weighted by Gasteiger charge is 2.25. The second-order valence-corrected chi connectivity index (χ2v) is 4.39. The van der Waals surface area contributed by atoms with Gasteiger partial charge in [-0.3, -0.25) is 4.79 Å². The summed E-state index contributed by atoms with van der Waals surface area (Å²) in [6.45, 7) is 2.81. The molecule has 0 aromatic rings. The summed E-state index contributed by atoms with van der Waals surface area (Å²) in [5.74, 6) is 0.533. The largest absolute Gasteiger partial charge is 0.394 e. The highest BCUT2D eigenvalue weighted by atomic mass is 16.3. The van der Waals surface area contributed by atoms with Gasteiger partial charge in [0.25, 0.3) is 0 Å². The number of aliphatic hydroxyl groups is 2. The Morgan fingerprint density at radius 3 is 3.00 bits per heavy atom. The summed E-state index contributed by atoms with van der Waals surface area (Å²) in [4.78, 5) is 11.7. The van der Waals surface area contributed by atoms with E-state index in [1.165, 1.54) is 0 Å². The Hall–Kier alpha value is -0.650. The van der Waals surface area contributed by atoms with Crippen molar-refractivity contribution in [1.29, 1.82) is 0 Å². The number of amides is 1. The van der Waals surface area contributed by atoms with Crippen LogP contribution in [0.4, 0.5) is 0 Å². The molecule has 1 rings (SSSR count). The number of carbonyl (C=O) groups is 1. The standard InChI is InChI=1S/C11H22N2O3/c1-2-8-3-4-12-10(5-8)11(16)13-6-9(15)7-14/h8-10,12,14-15H,2-7H2,1H3,(H,13,16). The molecule has 0 radical (unpaired) electrons. The summed E-state index contributed by atoms with van der Waals surface area (Å²) >= 11 is 0. The number of rotatable bonds is 5. The molecule has 1 aliphatic rings. The Morgan fingerprint density at radius 2 is 2.38 bits per heavy atom. The maximum Gasteiger partial charge on any atom is 0.237 e. The first kappa shape index (κ1) is 13.4. The van der Waals surface area contributed by atoms with Crippen LogP contribution in [0.15, 0.2) is 0 Å². The average Bonchev–Trinajstić information content (AvgIpc) is 2.35. The molecule has 4 N–H and O–H groups in total. The average molecular weight is 230 g/mol. The Morgan fingerprint density at radius 1 is 1.62 bits per heavy atom.